The van der Waals surface area contributed by atoms with Gasteiger partial charge in [0, 0.05) is 23.3 Å². The molecule has 0 atom stereocenters. The van der Waals surface area contributed by atoms with Crippen molar-refractivity contribution in [2.45, 2.75) is 43.9 Å². The van der Waals surface area contributed by atoms with Gasteiger partial charge in [0.05, 0.1) is 5.69 Å². The van der Waals surface area contributed by atoms with Crippen LogP contribution >= 0.6 is 23.5 Å². The second kappa shape index (κ2) is 9.79. The van der Waals surface area contributed by atoms with Crippen LogP contribution in [-0.2, 0) is 11.5 Å². The smallest absolute Gasteiger partial charge is 0.252 e. The molecular weight excluding hydrogens is 338 g/mol. The van der Waals surface area contributed by atoms with Crippen molar-refractivity contribution in [2.75, 3.05) is 11.1 Å². The fourth-order valence-electron chi connectivity index (χ4n) is 2.05. The van der Waals surface area contributed by atoms with Gasteiger partial charge in [0.1, 0.15) is 0 Å². The van der Waals surface area contributed by atoms with Crippen LogP contribution in [0.4, 0.5) is 11.6 Å². The number of nitrogens with one attached hydrogen (secondary N) is 2. The van der Waals surface area contributed by atoms with Crippen molar-refractivity contribution in [3.05, 3.63) is 51.9 Å². The zero-order valence-corrected chi connectivity index (χ0v) is 16.1. The Kier molecular flexibility index (Phi) is 7.72. The highest BCUT2D eigenvalue weighted by Crippen LogP contribution is 2.19. The molecule has 0 aliphatic carbocycles. The number of nitrogens with zero attached hydrogens (tertiary/aromatic N) is 1. The number of rotatable bonds is 9. The van der Waals surface area contributed by atoms with Gasteiger partial charge in [-0.1, -0.05) is 32.9 Å². The van der Waals surface area contributed by atoms with E-state index in [0.717, 1.165) is 22.9 Å². The third kappa shape index (κ3) is 6.61. The summed E-state index contributed by atoms with van der Waals surface area (Å²) in [6.45, 7) is 6.47. The zero-order valence-electron chi connectivity index (χ0n) is 14.5. The van der Waals surface area contributed by atoms with Crippen LogP contribution in [0.25, 0.3) is 0 Å². The molecule has 0 aliphatic heterocycles. The number of benzene rings is 1. The number of aromatic nitrogens is 2. The Balaban J connectivity index is 2.00. The summed E-state index contributed by atoms with van der Waals surface area (Å²) >= 11 is 3.72. The maximum Gasteiger partial charge on any atom is 0.252 e. The molecule has 0 fully saturated rings. The Labute approximate surface area is 152 Å². The van der Waals surface area contributed by atoms with Gasteiger partial charge in [-0.15, -0.1) is 0 Å². The van der Waals surface area contributed by atoms with Gasteiger partial charge >= 0.3 is 0 Å². The molecule has 2 N–H and O–H groups in total. The monoisotopic (exact) mass is 363 g/mol. The molecule has 0 aliphatic rings. The second-order valence-corrected chi connectivity index (χ2v) is 8.49. The Morgan fingerprint density at radius 1 is 1.21 bits per heavy atom. The second-order valence-electron chi connectivity index (χ2n) is 5.82. The van der Waals surface area contributed by atoms with Crippen LogP contribution < -0.4 is 10.9 Å². The summed E-state index contributed by atoms with van der Waals surface area (Å²) in [7, 11) is 0. The van der Waals surface area contributed by atoms with Crippen molar-refractivity contribution in [2.24, 2.45) is 0 Å². The van der Waals surface area contributed by atoms with Crippen LogP contribution in [0.5, 0.6) is 0 Å². The van der Waals surface area contributed by atoms with Gasteiger partial charge in [0.2, 0.25) is 5.95 Å². The SMILES string of the molecule is CCCSCc1ccc(Nc2nc(CSC(C)C)cc(=O)[nH]2)cc1. The molecule has 24 heavy (non-hydrogen) atoms. The standard InChI is InChI=1S/C18H25N3OS2/c1-4-9-23-11-14-5-7-15(8-6-14)19-18-20-16(10-17(22)21-18)12-24-13(2)3/h5-8,10,13H,4,9,11-12H2,1-3H3,(H2,19,20,21,22). The van der Waals surface area contributed by atoms with Crippen LogP contribution in [-0.4, -0.2) is 21.0 Å². The van der Waals surface area contributed by atoms with Gasteiger partial charge in [-0.05, 0) is 35.1 Å². The van der Waals surface area contributed by atoms with Gasteiger partial charge in [-0.2, -0.15) is 23.5 Å². The molecule has 0 radical (unpaired) electrons. The first-order chi connectivity index (χ1) is 11.6. The minimum atomic E-state index is -0.126. The molecule has 0 saturated heterocycles. The minimum Gasteiger partial charge on any atom is -0.326 e. The van der Waals surface area contributed by atoms with Crippen molar-refractivity contribution in [3.63, 3.8) is 0 Å². The normalized spacial score (nSPS) is 11.0. The number of aromatic amines is 1. The predicted octanol–water partition coefficient (Wildman–Crippen LogP) is 4.80. The summed E-state index contributed by atoms with van der Waals surface area (Å²) in [6.07, 6.45) is 1.20. The van der Waals surface area contributed by atoms with E-state index in [1.165, 1.54) is 17.7 Å². The van der Waals surface area contributed by atoms with Crippen LogP contribution in [0, 0.1) is 0 Å². The third-order valence-electron chi connectivity index (χ3n) is 3.19. The summed E-state index contributed by atoms with van der Waals surface area (Å²) in [5.74, 6) is 3.45. The van der Waals surface area contributed by atoms with Gasteiger partial charge in [-0.3, -0.25) is 9.78 Å². The van der Waals surface area contributed by atoms with E-state index in [1.807, 2.05) is 23.9 Å². The Bertz CT molecular complexity index is 683. The Morgan fingerprint density at radius 3 is 2.62 bits per heavy atom. The molecule has 0 spiro atoms. The molecule has 1 aromatic heterocycles. The Hall–Kier alpha value is -1.40. The van der Waals surface area contributed by atoms with E-state index in [2.05, 4.69) is 48.2 Å². The highest BCUT2D eigenvalue weighted by molar-refractivity contribution is 7.99. The number of hydrogen-bond acceptors (Lipinski definition) is 5. The van der Waals surface area contributed by atoms with E-state index >= 15 is 0 Å². The van der Waals surface area contributed by atoms with Gasteiger partial charge in [0.25, 0.3) is 5.56 Å². The van der Waals surface area contributed by atoms with E-state index in [9.17, 15) is 4.79 Å². The van der Waals surface area contributed by atoms with Crippen molar-refractivity contribution in [3.8, 4) is 0 Å². The molecule has 2 rings (SSSR count). The van der Waals surface area contributed by atoms with Gasteiger partial charge in [-0.25, -0.2) is 4.98 Å². The van der Waals surface area contributed by atoms with Crippen LogP contribution in [0.1, 0.15) is 38.4 Å². The van der Waals surface area contributed by atoms with Crippen molar-refractivity contribution < 1.29 is 0 Å². The van der Waals surface area contributed by atoms with E-state index in [4.69, 9.17) is 0 Å². The molecule has 0 saturated carbocycles. The van der Waals surface area contributed by atoms with Crippen molar-refractivity contribution in [1.82, 2.24) is 9.97 Å². The number of hydrogen-bond donors (Lipinski definition) is 2. The maximum absolute atomic E-state index is 11.8. The van der Waals surface area contributed by atoms with Crippen LogP contribution in [0.15, 0.2) is 35.1 Å². The molecule has 0 amide bonds. The Morgan fingerprint density at radius 2 is 1.96 bits per heavy atom. The third-order valence-corrected chi connectivity index (χ3v) is 5.56. The number of H-pyrrole nitrogens is 1. The molecule has 2 aromatic rings. The molecule has 6 heteroatoms. The lowest BCUT2D eigenvalue weighted by Gasteiger charge is -2.09. The molecular formula is C18H25N3OS2. The lowest BCUT2D eigenvalue weighted by Crippen LogP contribution is -2.12. The highest BCUT2D eigenvalue weighted by Gasteiger charge is 2.04. The summed E-state index contributed by atoms with van der Waals surface area (Å²) in [5, 5.41) is 3.70. The first-order valence-corrected chi connectivity index (χ1v) is 10.4. The topological polar surface area (TPSA) is 57.8 Å². The zero-order chi connectivity index (χ0) is 17.4. The lowest BCUT2D eigenvalue weighted by molar-refractivity contribution is 1.05. The molecule has 0 unspecified atom stereocenters. The quantitative estimate of drug-likeness (QED) is 0.627. The van der Waals surface area contributed by atoms with Crippen LogP contribution in [0.2, 0.25) is 0 Å². The van der Waals surface area contributed by atoms with Gasteiger partial charge < -0.3 is 5.32 Å². The van der Waals surface area contributed by atoms with E-state index in [0.29, 0.717) is 11.2 Å². The van der Waals surface area contributed by atoms with Gasteiger partial charge in [0.15, 0.2) is 0 Å². The van der Waals surface area contributed by atoms with E-state index in [-0.39, 0.29) is 5.56 Å². The first kappa shape index (κ1) is 18.9. The summed E-state index contributed by atoms with van der Waals surface area (Å²) in [4.78, 5) is 19.0. The fourth-order valence-corrected chi connectivity index (χ4v) is 3.56. The first-order valence-electron chi connectivity index (χ1n) is 8.22. The fraction of sp³-hybridized carbons (Fsp3) is 0.444. The summed E-state index contributed by atoms with van der Waals surface area (Å²) in [6, 6.07) is 9.84. The molecule has 130 valence electrons. The minimum absolute atomic E-state index is 0.126. The lowest BCUT2D eigenvalue weighted by atomic mass is 10.2. The largest absolute Gasteiger partial charge is 0.326 e. The van der Waals surface area contributed by atoms with Crippen molar-refractivity contribution in [1.29, 1.82) is 0 Å². The number of thioether (sulfide) groups is 2. The summed E-state index contributed by atoms with van der Waals surface area (Å²) < 4.78 is 0. The summed E-state index contributed by atoms with van der Waals surface area (Å²) in [5.41, 5.74) is 2.91. The van der Waals surface area contributed by atoms with Crippen molar-refractivity contribution >= 4 is 35.2 Å². The number of anilines is 2. The molecule has 1 aromatic carbocycles. The van der Waals surface area contributed by atoms with E-state index < -0.39 is 0 Å². The predicted molar refractivity (Wildman–Crippen MR) is 107 cm³/mol. The van der Waals surface area contributed by atoms with E-state index in [1.54, 1.807) is 17.8 Å². The molecule has 1 heterocycles. The van der Waals surface area contributed by atoms with Crippen LogP contribution in [0.3, 0.4) is 0 Å². The average molecular weight is 364 g/mol. The maximum atomic E-state index is 11.8. The average Bonchev–Trinajstić information content (AvgIpc) is 2.54. The molecule has 0 bridgehead atoms. The highest BCUT2D eigenvalue weighted by atomic mass is 32.2. The molecule has 4 nitrogen and oxygen atoms in total.